The fourth-order valence-electron chi connectivity index (χ4n) is 2.67. The van der Waals surface area contributed by atoms with Crippen molar-refractivity contribution < 1.29 is 4.92 Å². The van der Waals surface area contributed by atoms with Crippen molar-refractivity contribution in [2.24, 2.45) is 0 Å². The van der Waals surface area contributed by atoms with E-state index in [1.54, 1.807) is 24.3 Å². The van der Waals surface area contributed by atoms with Gasteiger partial charge in [0, 0.05) is 25.2 Å². The summed E-state index contributed by atoms with van der Waals surface area (Å²) in [5.74, 6) is 0. The van der Waals surface area contributed by atoms with Crippen LogP contribution in [0.25, 0.3) is 5.57 Å². The topological polar surface area (TPSA) is 94.0 Å². The van der Waals surface area contributed by atoms with Gasteiger partial charge in [-0.1, -0.05) is 42.5 Å². The molecule has 0 aromatic heterocycles. The number of benzene rings is 2. The van der Waals surface area contributed by atoms with Crippen molar-refractivity contribution in [3.05, 3.63) is 92.5 Å². The van der Waals surface area contributed by atoms with Crippen LogP contribution in [-0.4, -0.2) is 23.1 Å². The molecular weight excluding hydrogens is 372 g/mol. The van der Waals surface area contributed by atoms with E-state index < -0.39 is 4.92 Å². The van der Waals surface area contributed by atoms with E-state index in [0.29, 0.717) is 6.54 Å². The number of nitriles is 2. The van der Waals surface area contributed by atoms with Gasteiger partial charge in [0.1, 0.15) is 17.7 Å². The maximum atomic E-state index is 11.4. The molecule has 0 radical (unpaired) electrons. The van der Waals surface area contributed by atoms with Crippen LogP contribution in [0.1, 0.15) is 11.1 Å². The Morgan fingerprint density at radius 2 is 1.75 bits per heavy atom. The summed E-state index contributed by atoms with van der Waals surface area (Å²) in [5.41, 5.74) is 1.26. The number of allylic oxidation sites excluding steroid dienone is 3. The van der Waals surface area contributed by atoms with Gasteiger partial charge in [0.05, 0.1) is 15.5 Å². The molecule has 0 amide bonds. The van der Waals surface area contributed by atoms with Gasteiger partial charge < -0.3 is 4.90 Å². The van der Waals surface area contributed by atoms with E-state index in [-0.39, 0.29) is 22.4 Å². The molecule has 0 saturated carbocycles. The quantitative estimate of drug-likeness (QED) is 0.293. The molecule has 2 rings (SSSR count). The summed E-state index contributed by atoms with van der Waals surface area (Å²) < 4.78 is 0. The van der Waals surface area contributed by atoms with E-state index >= 15 is 0 Å². The maximum Gasteiger partial charge on any atom is 0.277 e. The minimum atomic E-state index is -0.512. The van der Waals surface area contributed by atoms with Crippen molar-refractivity contribution in [2.45, 2.75) is 6.54 Å². The molecule has 0 saturated heterocycles. The Hall–Kier alpha value is -3.55. The van der Waals surface area contributed by atoms with Gasteiger partial charge >= 0.3 is 0 Å². The van der Waals surface area contributed by atoms with Gasteiger partial charge in [0.2, 0.25) is 0 Å². The summed E-state index contributed by atoms with van der Waals surface area (Å²) in [6.07, 6.45) is 3.54. The summed E-state index contributed by atoms with van der Waals surface area (Å²) in [5, 5.41) is 31.0. The number of hydrogen-bond donors (Lipinski definition) is 0. The zero-order valence-electron chi connectivity index (χ0n) is 15.5. The van der Waals surface area contributed by atoms with E-state index in [2.05, 4.69) is 0 Å². The second-order valence-electron chi connectivity index (χ2n) is 5.81. The summed E-state index contributed by atoms with van der Waals surface area (Å²) in [7, 11) is 1.89. The number of nitro groups is 1. The molecule has 28 heavy (non-hydrogen) atoms. The molecule has 0 aliphatic carbocycles. The molecule has 0 atom stereocenters. The van der Waals surface area contributed by atoms with E-state index in [0.717, 1.165) is 10.6 Å². The van der Waals surface area contributed by atoms with Gasteiger partial charge in [-0.05, 0) is 24.0 Å². The van der Waals surface area contributed by atoms with E-state index in [1.807, 2.05) is 60.7 Å². The molecule has 0 N–H and O–H groups in total. The van der Waals surface area contributed by atoms with Crippen molar-refractivity contribution in [2.75, 3.05) is 13.3 Å². The van der Waals surface area contributed by atoms with E-state index in [4.69, 9.17) is 0 Å². The lowest BCUT2D eigenvalue weighted by molar-refractivity contribution is -0.385. The van der Waals surface area contributed by atoms with Gasteiger partial charge in [0.15, 0.2) is 0 Å². The normalized spacial score (nSPS) is 10.5. The van der Waals surface area contributed by atoms with E-state index in [9.17, 15) is 20.6 Å². The highest BCUT2D eigenvalue weighted by atomic mass is 32.2. The van der Waals surface area contributed by atoms with Crippen LogP contribution in [0.15, 0.2) is 71.3 Å². The smallest absolute Gasteiger partial charge is 0.277 e. The van der Waals surface area contributed by atoms with Crippen LogP contribution in [0, 0.1) is 32.8 Å². The molecule has 0 unspecified atom stereocenters. The first-order valence-electron chi connectivity index (χ1n) is 8.30. The summed E-state index contributed by atoms with van der Waals surface area (Å²) in [4.78, 5) is 12.9. The van der Waals surface area contributed by atoms with Crippen molar-refractivity contribution in [1.82, 2.24) is 4.90 Å². The number of hydrogen-bond acceptors (Lipinski definition) is 6. The van der Waals surface area contributed by atoms with Gasteiger partial charge in [0.25, 0.3) is 5.69 Å². The third-order valence-corrected chi connectivity index (χ3v) is 4.85. The van der Waals surface area contributed by atoms with Gasteiger partial charge in [-0.15, -0.1) is 11.8 Å². The Bertz CT molecular complexity index is 985. The Morgan fingerprint density at radius 1 is 1.14 bits per heavy atom. The van der Waals surface area contributed by atoms with Gasteiger partial charge in [-0.25, -0.2) is 0 Å². The molecule has 2 aromatic rings. The van der Waals surface area contributed by atoms with Crippen LogP contribution in [0.5, 0.6) is 0 Å². The Morgan fingerprint density at radius 3 is 2.32 bits per heavy atom. The van der Waals surface area contributed by atoms with E-state index in [1.165, 1.54) is 17.8 Å². The third-order valence-electron chi connectivity index (χ3n) is 4.00. The molecule has 2 aromatic carbocycles. The maximum absolute atomic E-state index is 11.4. The van der Waals surface area contributed by atoms with Crippen molar-refractivity contribution >= 4 is 23.0 Å². The van der Waals surface area contributed by atoms with Crippen molar-refractivity contribution in [1.29, 1.82) is 10.5 Å². The average molecular weight is 390 g/mol. The Labute approximate surface area is 168 Å². The first-order valence-corrected chi connectivity index (χ1v) is 9.53. The molecule has 0 spiro atoms. The summed E-state index contributed by atoms with van der Waals surface area (Å²) >= 11 is 1.44. The van der Waals surface area contributed by atoms with Crippen molar-refractivity contribution in [3.63, 3.8) is 0 Å². The fourth-order valence-corrected chi connectivity index (χ4v) is 3.29. The average Bonchev–Trinajstić information content (AvgIpc) is 2.71. The second kappa shape index (κ2) is 9.96. The molecule has 0 aliphatic heterocycles. The number of thioether (sulfide) groups is 1. The Kier molecular flexibility index (Phi) is 7.38. The predicted octanol–water partition coefficient (Wildman–Crippen LogP) is 4.73. The molecular formula is C21H18N4O2S. The standard InChI is InChI=1S/C21H18N4O2S/c1-24(15-16-8-4-3-5-9-16)21(28-2)12-19(17(13-22)14-23)18-10-6-7-11-20(18)25(26)27/h3-12H,15H2,1-2H3/b21-12-. The lowest BCUT2D eigenvalue weighted by Gasteiger charge is -2.22. The van der Waals surface area contributed by atoms with Crippen LogP contribution in [-0.2, 0) is 6.54 Å². The number of nitrogens with zero attached hydrogens (tertiary/aromatic N) is 4. The minimum Gasteiger partial charge on any atom is -0.365 e. The van der Waals surface area contributed by atoms with Crippen LogP contribution in [0.2, 0.25) is 0 Å². The molecule has 0 bridgehead atoms. The van der Waals surface area contributed by atoms with Crippen LogP contribution < -0.4 is 0 Å². The van der Waals surface area contributed by atoms with Gasteiger partial charge in [-0.2, -0.15) is 10.5 Å². The third kappa shape index (κ3) is 5.00. The van der Waals surface area contributed by atoms with Crippen LogP contribution >= 0.6 is 11.8 Å². The number of rotatable bonds is 7. The lowest BCUT2D eigenvalue weighted by Crippen LogP contribution is -2.15. The number of para-hydroxylation sites is 1. The molecule has 0 aliphatic rings. The highest BCUT2D eigenvalue weighted by Gasteiger charge is 2.20. The largest absolute Gasteiger partial charge is 0.365 e. The van der Waals surface area contributed by atoms with Crippen LogP contribution in [0.3, 0.4) is 0 Å². The van der Waals surface area contributed by atoms with Gasteiger partial charge in [-0.3, -0.25) is 10.1 Å². The minimum absolute atomic E-state index is 0.150. The predicted molar refractivity (Wildman–Crippen MR) is 111 cm³/mol. The zero-order chi connectivity index (χ0) is 20.5. The highest BCUT2D eigenvalue weighted by Crippen LogP contribution is 2.32. The summed E-state index contributed by atoms with van der Waals surface area (Å²) in [6, 6.07) is 19.7. The molecule has 6 nitrogen and oxygen atoms in total. The second-order valence-corrected chi connectivity index (χ2v) is 6.64. The fraction of sp³-hybridized carbons (Fsp3) is 0.143. The lowest BCUT2D eigenvalue weighted by atomic mass is 9.99. The van der Waals surface area contributed by atoms with Crippen LogP contribution in [0.4, 0.5) is 5.69 Å². The SMILES string of the molecule is CS/C(=C\C(=C(C#N)C#N)c1ccccc1[N+](=O)[O-])N(C)Cc1ccccc1. The first kappa shape index (κ1) is 20.8. The zero-order valence-corrected chi connectivity index (χ0v) is 16.3. The number of nitro benzene ring substituents is 1. The first-order chi connectivity index (χ1) is 13.5. The highest BCUT2D eigenvalue weighted by molar-refractivity contribution is 8.02. The molecule has 0 fully saturated rings. The van der Waals surface area contributed by atoms with Crippen molar-refractivity contribution in [3.8, 4) is 12.1 Å². The monoisotopic (exact) mass is 390 g/mol. The summed E-state index contributed by atoms with van der Waals surface area (Å²) in [6.45, 7) is 0.617. The molecule has 140 valence electrons. The molecule has 0 heterocycles. The molecule has 7 heteroatoms. The Balaban J connectivity index is 2.56.